The van der Waals surface area contributed by atoms with Crippen LogP contribution < -0.4 is 9.46 Å². The summed E-state index contributed by atoms with van der Waals surface area (Å²) in [5.41, 5.74) is 1.99. The number of fused-ring (bicyclic) bond motifs is 1. The fourth-order valence-corrected chi connectivity index (χ4v) is 5.38. The lowest BCUT2D eigenvalue weighted by atomic mass is 9.98. The monoisotopic (exact) mass is 674 g/mol. The zero-order chi connectivity index (χ0) is 34.8. The van der Waals surface area contributed by atoms with Gasteiger partial charge in [0, 0.05) is 29.6 Å². The van der Waals surface area contributed by atoms with Crippen molar-refractivity contribution in [3.63, 3.8) is 0 Å². The topological polar surface area (TPSA) is 163 Å². The molecule has 1 heterocycles. The lowest BCUT2D eigenvalue weighted by molar-refractivity contribution is -0.143. The molecule has 260 valence electrons. The Morgan fingerprint density at radius 2 is 1.40 bits per heavy atom. The van der Waals surface area contributed by atoms with Gasteiger partial charge < -0.3 is 24.3 Å². The van der Waals surface area contributed by atoms with Crippen LogP contribution in [-0.4, -0.2) is 73.7 Å². The molecule has 0 spiro atoms. The van der Waals surface area contributed by atoms with Gasteiger partial charge >= 0.3 is 11.9 Å². The number of nitrogens with zero attached hydrogens (tertiary/aromatic N) is 1. The van der Waals surface area contributed by atoms with Crippen molar-refractivity contribution in [2.45, 2.75) is 85.0 Å². The number of hydrogen-bond acceptors (Lipinski definition) is 8. The zero-order valence-corrected chi connectivity index (χ0v) is 28.9. The highest BCUT2D eigenvalue weighted by Gasteiger charge is 2.22. The Morgan fingerprint density at radius 3 is 1.94 bits per heavy atom. The van der Waals surface area contributed by atoms with E-state index in [0.29, 0.717) is 46.6 Å². The van der Waals surface area contributed by atoms with Gasteiger partial charge in [-0.15, -0.1) is 0 Å². The van der Waals surface area contributed by atoms with Crippen LogP contribution in [0.3, 0.4) is 0 Å². The Morgan fingerprint density at radius 1 is 0.830 bits per heavy atom. The van der Waals surface area contributed by atoms with Gasteiger partial charge in [-0.3, -0.25) is 19.1 Å². The van der Waals surface area contributed by atoms with Crippen molar-refractivity contribution in [3.05, 3.63) is 59.4 Å². The van der Waals surface area contributed by atoms with Gasteiger partial charge in [0.2, 0.25) is 10.0 Å². The molecule has 1 aromatic heterocycles. The summed E-state index contributed by atoms with van der Waals surface area (Å²) in [4.78, 5) is 35.5. The number of carboxylic acids is 2. The number of nitrogens with one attached hydrogen (secondary N) is 1. The molecule has 2 aromatic carbocycles. The van der Waals surface area contributed by atoms with Gasteiger partial charge in [0.1, 0.15) is 17.1 Å². The molecule has 3 aromatic rings. The van der Waals surface area contributed by atoms with Crippen LogP contribution in [0, 0.1) is 0 Å². The number of furan rings is 1. The third kappa shape index (κ3) is 14.6. The van der Waals surface area contributed by atoms with Gasteiger partial charge in [0.25, 0.3) is 0 Å². The summed E-state index contributed by atoms with van der Waals surface area (Å²) >= 11 is 0. The maximum atomic E-state index is 13.7. The van der Waals surface area contributed by atoms with Gasteiger partial charge in [-0.1, -0.05) is 40.0 Å². The second-order valence-electron chi connectivity index (χ2n) is 11.5. The molecule has 0 aliphatic carbocycles. The minimum atomic E-state index is -3.45. The maximum absolute atomic E-state index is 13.7. The van der Waals surface area contributed by atoms with Crippen LogP contribution in [0.5, 0.6) is 5.75 Å². The van der Waals surface area contributed by atoms with Crippen LogP contribution in [0.2, 0.25) is 0 Å². The number of anilines is 1. The van der Waals surface area contributed by atoms with Crippen molar-refractivity contribution in [2.24, 2.45) is 0 Å². The number of aryl methyl sites for hydroxylation is 1. The molecule has 3 rings (SSSR count). The van der Waals surface area contributed by atoms with Gasteiger partial charge in [0.05, 0.1) is 31.3 Å². The Bertz CT molecular complexity index is 1510. The molecule has 0 saturated heterocycles. The van der Waals surface area contributed by atoms with Crippen LogP contribution in [-0.2, 0) is 26.0 Å². The van der Waals surface area contributed by atoms with Gasteiger partial charge in [-0.2, -0.15) is 0 Å². The van der Waals surface area contributed by atoms with Gasteiger partial charge in [-0.05, 0) is 81.2 Å². The molecular weight excluding hydrogens is 624 g/mol. The molecule has 0 atom stereocenters. The average molecular weight is 675 g/mol. The number of carbonyl (C=O) groups is 3. The minimum Gasteiger partial charge on any atom is -0.494 e. The predicted molar refractivity (Wildman–Crippen MR) is 184 cm³/mol. The molecule has 3 N–H and O–H groups in total. The van der Waals surface area contributed by atoms with E-state index in [1.54, 1.807) is 30.3 Å². The van der Waals surface area contributed by atoms with Crippen molar-refractivity contribution in [3.8, 4) is 5.75 Å². The lowest BCUT2D eigenvalue weighted by Gasteiger charge is -2.21. The summed E-state index contributed by atoms with van der Waals surface area (Å²) in [6, 6.07) is 12.3. The molecule has 0 amide bonds. The molecule has 0 radical (unpaired) electrons. The van der Waals surface area contributed by atoms with Crippen LogP contribution in [0.4, 0.5) is 5.69 Å². The SMILES string of the molecule is CCCCc1oc2ccc(NS(C)(=O)=O)cc2c1C(=O)c1ccc(OCCCN(CCCC)CCCC)cc1.O=C(O)CCC(=O)O. The van der Waals surface area contributed by atoms with Crippen LogP contribution in [0.1, 0.15) is 100 Å². The molecule has 0 saturated carbocycles. The van der Waals surface area contributed by atoms with Gasteiger partial charge in [-0.25, -0.2) is 8.42 Å². The average Bonchev–Trinajstić information content (AvgIpc) is 3.38. The first-order valence-electron chi connectivity index (χ1n) is 16.3. The number of benzene rings is 2. The number of carbonyl (C=O) groups excluding carboxylic acids is 1. The Kier molecular flexibility index (Phi) is 17.0. The van der Waals surface area contributed by atoms with E-state index in [4.69, 9.17) is 19.4 Å². The summed E-state index contributed by atoms with van der Waals surface area (Å²) in [5, 5.41) is 16.4. The molecule has 0 bridgehead atoms. The van der Waals surface area contributed by atoms with E-state index >= 15 is 0 Å². The molecule has 11 nitrogen and oxygen atoms in total. The molecule has 47 heavy (non-hydrogen) atoms. The first-order valence-corrected chi connectivity index (χ1v) is 18.2. The van der Waals surface area contributed by atoms with Crippen molar-refractivity contribution in [1.82, 2.24) is 4.90 Å². The highest BCUT2D eigenvalue weighted by molar-refractivity contribution is 7.92. The first-order chi connectivity index (χ1) is 22.4. The molecule has 0 unspecified atom stereocenters. The molecule has 12 heteroatoms. The van der Waals surface area contributed by atoms with Crippen molar-refractivity contribution >= 4 is 44.4 Å². The molecule has 0 aliphatic heterocycles. The molecule has 0 aliphatic rings. The number of sulfonamides is 1. The van der Waals surface area contributed by atoms with Crippen LogP contribution >= 0.6 is 0 Å². The lowest BCUT2D eigenvalue weighted by Crippen LogP contribution is -2.28. The summed E-state index contributed by atoms with van der Waals surface area (Å²) in [7, 11) is -3.45. The Balaban J connectivity index is 0.000000849. The number of hydrogen-bond donors (Lipinski definition) is 3. The summed E-state index contributed by atoms with van der Waals surface area (Å²) in [6.45, 7) is 10.5. The smallest absolute Gasteiger partial charge is 0.303 e. The number of ketones is 1. The maximum Gasteiger partial charge on any atom is 0.303 e. The third-order valence-electron chi connectivity index (χ3n) is 7.26. The van der Waals surface area contributed by atoms with E-state index in [1.165, 1.54) is 25.7 Å². The third-order valence-corrected chi connectivity index (χ3v) is 7.87. The van der Waals surface area contributed by atoms with Crippen molar-refractivity contribution < 1.29 is 42.2 Å². The molecule has 0 fully saturated rings. The van der Waals surface area contributed by atoms with E-state index < -0.39 is 22.0 Å². The predicted octanol–water partition coefficient (Wildman–Crippen LogP) is 6.98. The highest BCUT2D eigenvalue weighted by Crippen LogP contribution is 2.32. The number of carboxylic acid groups (broad SMARTS) is 2. The molecular formula is C35H50N2O9S. The summed E-state index contributed by atoms with van der Waals surface area (Å²) in [5.74, 6) is -0.933. The van der Waals surface area contributed by atoms with Crippen LogP contribution in [0.15, 0.2) is 46.9 Å². The Labute approximate surface area is 278 Å². The van der Waals surface area contributed by atoms with Crippen molar-refractivity contribution in [1.29, 1.82) is 0 Å². The fraction of sp³-hybridized carbons (Fsp3) is 0.514. The number of ether oxygens (including phenoxy) is 1. The Hall–Kier alpha value is -3.90. The van der Waals surface area contributed by atoms with Gasteiger partial charge in [0.15, 0.2) is 5.78 Å². The minimum absolute atomic E-state index is 0.148. The summed E-state index contributed by atoms with van der Waals surface area (Å²) in [6.07, 6.45) is 8.81. The normalized spacial score (nSPS) is 11.3. The zero-order valence-electron chi connectivity index (χ0n) is 28.0. The number of unbranched alkanes of at least 4 members (excludes halogenated alkanes) is 3. The summed E-state index contributed by atoms with van der Waals surface area (Å²) < 4.78 is 38.0. The fourth-order valence-electron chi connectivity index (χ4n) is 4.83. The highest BCUT2D eigenvalue weighted by atomic mass is 32.2. The number of rotatable bonds is 21. The van der Waals surface area contributed by atoms with Crippen molar-refractivity contribution in [2.75, 3.05) is 37.2 Å². The number of aliphatic carboxylic acids is 2. The van der Waals surface area contributed by atoms with E-state index in [9.17, 15) is 22.8 Å². The quantitative estimate of drug-likeness (QED) is 0.0793. The second-order valence-corrected chi connectivity index (χ2v) is 13.2. The second kappa shape index (κ2) is 20.4. The first kappa shape index (κ1) is 39.3. The van der Waals surface area contributed by atoms with E-state index in [-0.39, 0.29) is 18.6 Å². The standard InChI is InChI=1S/C31H44N2O5S.C4H6O4/c1-5-8-12-29-30(27-23-25(32-39(4,35)36)15-18-28(27)38-29)31(34)24-13-16-26(17-14-24)37-22-11-21-33(19-9-6-2)20-10-7-3;5-3(6)1-2-4(7)8/h13-18,23,32H,5-12,19-22H2,1-4H3;1-2H2,(H,5,6)(H,7,8). The van der Waals surface area contributed by atoms with E-state index in [1.807, 2.05) is 12.1 Å². The van der Waals surface area contributed by atoms with E-state index in [0.717, 1.165) is 50.9 Å². The van der Waals surface area contributed by atoms with Crippen LogP contribution in [0.25, 0.3) is 11.0 Å². The largest absolute Gasteiger partial charge is 0.494 e. The van der Waals surface area contributed by atoms with E-state index in [2.05, 4.69) is 30.4 Å².